The first-order valence-corrected chi connectivity index (χ1v) is 5.31. The third kappa shape index (κ3) is 2.52. The molecule has 0 amide bonds. The third-order valence-corrected chi connectivity index (χ3v) is 2.53. The summed E-state index contributed by atoms with van der Waals surface area (Å²) in [6.45, 7) is 0.226. The second-order valence-electron chi connectivity index (χ2n) is 3.73. The van der Waals surface area contributed by atoms with E-state index in [9.17, 15) is 10.1 Å². The van der Waals surface area contributed by atoms with Crippen LogP contribution >= 0.6 is 0 Å². The zero-order chi connectivity index (χ0) is 13.0. The van der Waals surface area contributed by atoms with Crippen LogP contribution in [0.2, 0.25) is 0 Å². The second kappa shape index (κ2) is 5.10. The fourth-order valence-electron chi connectivity index (χ4n) is 1.69. The summed E-state index contributed by atoms with van der Waals surface area (Å²) in [4.78, 5) is 14.4. The molecule has 0 saturated carbocycles. The molecule has 0 N–H and O–H groups in total. The van der Waals surface area contributed by atoms with Crippen molar-refractivity contribution in [2.45, 2.75) is 13.0 Å². The molecule has 0 unspecified atom stereocenters. The summed E-state index contributed by atoms with van der Waals surface area (Å²) in [6, 6.07) is 8.46. The molecular weight excluding hydrogens is 232 g/mol. The molecule has 0 atom stereocenters. The Morgan fingerprint density at radius 3 is 3.06 bits per heavy atom. The van der Waals surface area contributed by atoms with E-state index in [1.54, 1.807) is 29.1 Å². The molecular formula is C12H10N4O2. The maximum Gasteiger partial charge on any atom is 0.269 e. The van der Waals surface area contributed by atoms with Crippen LogP contribution in [0.5, 0.6) is 0 Å². The van der Waals surface area contributed by atoms with Gasteiger partial charge in [0, 0.05) is 30.9 Å². The van der Waals surface area contributed by atoms with Crippen LogP contribution in [-0.2, 0) is 13.0 Å². The molecule has 1 aromatic heterocycles. The average molecular weight is 242 g/mol. The minimum absolute atomic E-state index is 0.0610. The molecule has 0 fully saturated rings. The van der Waals surface area contributed by atoms with E-state index in [2.05, 4.69) is 4.98 Å². The Labute approximate surface area is 103 Å². The molecule has 6 heteroatoms. The molecule has 0 aliphatic rings. The van der Waals surface area contributed by atoms with Crippen molar-refractivity contribution in [1.82, 2.24) is 9.55 Å². The predicted octanol–water partition coefficient (Wildman–Crippen LogP) is 1.91. The van der Waals surface area contributed by atoms with E-state index in [0.717, 1.165) is 11.4 Å². The number of hydrogen-bond donors (Lipinski definition) is 0. The predicted molar refractivity (Wildman–Crippen MR) is 63.7 cm³/mol. The van der Waals surface area contributed by atoms with E-state index in [1.807, 2.05) is 6.07 Å². The van der Waals surface area contributed by atoms with E-state index < -0.39 is 4.92 Å². The van der Waals surface area contributed by atoms with Crippen molar-refractivity contribution in [1.29, 1.82) is 5.26 Å². The number of benzene rings is 1. The number of hydrogen-bond acceptors (Lipinski definition) is 4. The van der Waals surface area contributed by atoms with Crippen molar-refractivity contribution in [3.8, 4) is 6.07 Å². The van der Waals surface area contributed by atoms with Crippen LogP contribution in [0.1, 0.15) is 11.4 Å². The van der Waals surface area contributed by atoms with E-state index >= 15 is 0 Å². The summed E-state index contributed by atoms with van der Waals surface area (Å²) < 4.78 is 1.72. The van der Waals surface area contributed by atoms with Gasteiger partial charge in [0.25, 0.3) is 5.69 Å². The molecule has 0 spiro atoms. The number of imidazole rings is 1. The smallest absolute Gasteiger partial charge is 0.269 e. The van der Waals surface area contributed by atoms with Gasteiger partial charge in [0.05, 0.1) is 11.0 Å². The largest absolute Gasteiger partial charge is 0.321 e. The van der Waals surface area contributed by atoms with Crippen molar-refractivity contribution >= 4 is 5.69 Å². The maximum atomic E-state index is 10.7. The van der Waals surface area contributed by atoms with Gasteiger partial charge in [-0.2, -0.15) is 5.26 Å². The van der Waals surface area contributed by atoms with E-state index in [1.165, 1.54) is 12.1 Å². The van der Waals surface area contributed by atoms with Gasteiger partial charge in [-0.3, -0.25) is 10.1 Å². The van der Waals surface area contributed by atoms with Crippen molar-refractivity contribution in [2.24, 2.45) is 0 Å². The zero-order valence-corrected chi connectivity index (χ0v) is 9.48. The standard InChI is InChI=1S/C12H10N4O2/c13-4-6-15-7-5-14-12(15)9-10-2-1-3-11(8-10)16(17)18/h1-3,5,7-8H,6,9H2. The average Bonchev–Trinajstić information content (AvgIpc) is 2.77. The van der Waals surface area contributed by atoms with Gasteiger partial charge in [0.1, 0.15) is 12.4 Å². The minimum atomic E-state index is -0.425. The third-order valence-electron chi connectivity index (χ3n) is 2.53. The molecule has 0 aliphatic heterocycles. The maximum absolute atomic E-state index is 10.7. The summed E-state index contributed by atoms with van der Waals surface area (Å²) in [5, 5.41) is 19.3. The van der Waals surface area contributed by atoms with Crippen LogP contribution in [0, 0.1) is 21.4 Å². The lowest BCUT2D eigenvalue weighted by atomic mass is 10.1. The Hall–Kier alpha value is -2.68. The van der Waals surface area contributed by atoms with Gasteiger partial charge in [0.15, 0.2) is 0 Å². The molecule has 0 aliphatic carbocycles. The molecule has 6 nitrogen and oxygen atoms in total. The normalized spacial score (nSPS) is 9.94. The fourth-order valence-corrected chi connectivity index (χ4v) is 1.69. The molecule has 1 heterocycles. The first-order chi connectivity index (χ1) is 8.70. The Morgan fingerprint density at radius 2 is 2.33 bits per heavy atom. The number of aromatic nitrogens is 2. The summed E-state index contributed by atoms with van der Waals surface area (Å²) in [5.74, 6) is 0.719. The van der Waals surface area contributed by atoms with Gasteiger partial charge in [-0.15, -0.1) is 0 Å². The molecule has 18 heavy (non-hydrogen) atoms. The summed E-state index contributed by atoms with van der Waals surface area (Å²) in [5.41, 5.74) is 0.862. The Kier molecular flexibility index (Phi) is 3.34. The van der Waals surface area contributed by atoms with Crippen molar-refractivity contribution in [2.75, 3.05) is 0 Å². The van der Waals surface area contributed by atoms with Crippen LogP contribution in [0.4, 0.5) is 5.69 Å². The van der Waals surface area contributed by atoms with E-state index in [-0.39, 0.29) is 12.2 Å². The summed E-state index contributed by atoms with van der Waals surface area (Å²) in [6.07, 6.45) is 3.80. The molecule has 2 aromatic rings. The van der Waals surface area contributed by atoms with Gasteiger partial charge in [-0.05, 0) is 5.56 Å². The SMILES string of the molecule is N#CCn1ccnc1Cc1cccc([N+](=O)[O-])c1. The van der Waals surface area contributed by atoms with Crippen molar-refractivity contribution in [3.05, 3.63) is 58.2 Å². The highest BCUT2D eigenvalue weighted by atomic mass is 16.6. The monoisotopic (exact) mass is 242 g/mol. The lowest BCUT2D eigenvalue weighted by Gasteiger charge is -2.03. The highest BCUT2D eigenvalue weighted by molar-refractivity contribution is 5.35. The first-order valence-electron chi connectivity index (χ1n) is 5.31. The Morgan fingerprint density at radius 1 is 1.50 bits per heavy atom. The quantitative estimate of drug-likeness (QED) is 0.605. The molecule has 0 radical (unpaired) electrons. The number of non-ortho nitro benzene ring substituents is 1. The molecule has 0 saturated heterocycles. The topological polar surface area (TPSA) is 84.8 Å². The van der Waals surface area contributed by atoms with Gasteiger partial charge >= 0.3 is 0 Å². The summed E-state index contributed by atoms with van der Waals surface area (Å²) in [7, 11) is 0. The van der Waals surface area contributed by atoms with Crippen LogP contribution in [0.15, 0.2) is 36.7 Å². The highest BCUT2D eigenvalue weighted by Gasteiger charge is 2.08. The Bertz CT molecular complexity index is 613. The summed E-state index contributed by atoms with van der Waals surface area (Å²) >= 11 is 0. The molecule has 2 rings (SSSR count). The highest BCUT2D eigenvalue weighted by Crippen LogP contribution is 2.15. The van der Waals surface area contributed by atoms with E-state index in [0.29, 0.717) is 6.42 Å². The lowest BCUT2D eigenvalue weighted by molar-refractivity contribution is -0.384. The molecule has 0 bridgehead atoms. The number of rotatable bonds is 4. The van der Waals surface area contributed by atoms with Crippen LogP contribution in [-0.4, -0.2) is 14.5 Å². The van der Waals surface area contributed by atoms with Crippen LogP contribution < -0.4 is 0 Å². The first kappa shape index (κ1) is 11.8. The fraction of sp³-hybridized carbons (Fsp3) is 0.167. The van der Waals surface area contributed by atoms with Crippen molar-refractivity contribution < 1.29 is 4.92 Å². The van der Waals surface area contributed by atoms with E-state index in [4.69, 9.17) is 5.26 Å². The minimum Gasteiger partial charge on any atom is -0.321 e. The second-order valence-corrected chi connectivity index (χ2v) is 3.73. The van der Waals surface area contributed by atoms with Crippen LogP contribution in [0.25, 0.3) is 0 Å². The van der Waals surface area contributed by atoms with Gasteiger partial charge in [0.2, 0.25) is 0 Å². The Balaban J connectivity index is 2.23. The number of nitriles is 1. The zero-order valence-electron chi connectivity index (χ0n) is 9.48. The van der Waals surface area contributed by atoms with Crippen LogP contribution in [0.3, 0.4) is 0 Å². The lowest BCUT2D eigenvalue weighted by Crippen LogP contribution is -2.03. The van der Waals surface area contributed by atoms with Gasteiger partial charge < -0.3 is 4.57 Å². The molecule has 1 aromatic carbocycles. The number of nitro benzene ring substituents is 1. The number of nitrogens with zero attached hydrogens (tertiary/aromatic N) is 4. The van der Waals surface area contributed by atoms with Gasteiger partial charge in [-0.25, -0.2) is 4.98 Å². The van der Waals surface area contributed by atoms with Crippen molar-refractivity contribution in [3.63, 3.8) is 0 Å². The van der Waals surface area contributed by atoms with Gasteiger partial charge in [-0.1, -0.05) is 12.1 Å². The number of nitro groups is 1. The molecule has 90 valence electrons.